The molecule has 0 amide bonds. The minimum atomic E-state index is -0.819. The van der Waals surface area contributed by atoms with E-state index in [1.807, 2.05) is 22.7 Å². The molecule has 5 heteroatoms. The summed E-state index contributed by atoms with van der Waals surface area (Å²) in [7, 11) is 0. The fourth-order valence-electron chi connectivity index (χ4n) is 3.94. The number of benzene rings is 1. The number of rotatable bonds is 2. The minimum absolute atomic E-state index is 0.819. The van der Waals surface area contributed by atoms with Crippen LogP contribution in [-0.4, -0.2) is 0 Å². The molecule has 4 aromatic rings. The summed E-state index contributed by atoms with van der Waals surface area (Å²) < 4.78 is 6.61. The molecule has 5 rings (SSSR count). The molecular formula is C22H18OPS3+. The third-order valence-electron chi connectivity index (χ3n) is 5.05. The second-order valence-corrected chi connectivity index (χ2v) is 12.5. The van der Waals surface area contributed by atoms with Crippen LogP contribution in [0.3, 0.4) is 0 Å². The summed E-state index contributed by atoms with van der Waals surface area (Å²) in [6.45, 7) is 7.90. The molecule has 0 spiro atoms. The molecule has 1 nitrogen and oxygen atoms in total. The molecule has 1 unspecified atom stereocenters. The molecule has 3 aromatic heterocycles. The first-order valence-corrected chi connectivity index (χ1v) is 12.8. The van der Waals surface area contributed by atoms with Crippen LogP contribution in [0.4, 0.5) is 0 Å². The highest BCUT2D eigenvalue weighted by Gasteiger charge is 2.44. The second kappa shape index (κ2) is 6.22. The SMILES string of the molecule is Cc1cc(-c2oc3c(c2-c2cc(C)sc2C)[P+](=S)c2ccccc2-3)c(C)s1. The summed E-state index contributed by atoms with van der Waals surface area (Å²) in [5.41, 5.74) is 4.90. The third kappa shape index (κ3) is 2.55. The van der Waals surface area contributed by atoms with E-state index in [4.69, 9.17) is 16.2 Å². The van der Waals surface area contributed by atoms with Crippen LogP contribution in [0, 0.1) is 27.7 Å². The summed E-state index contributed by atoms with van der Waals surface area (Å²) in [4.78, 5) is 5.26. The molecule has 0 bridgehead atoms. The van der Waals surface area contributed by atoms with E-state index in [1.54, 1.807) is 0 Å². The van der Waals surface area contributed by atoms with E-state index in [1.165, 1.54) is 52.4 Å². The van der Waals surface area contributed by atoms with Gasteiger partial charge in [0, 0.05) is 30.6 Å². The van der Waals surface area contributed by atoms with E-state index < -0.39 is 6.70 Å². The Labute approximate surface area is 173 Å². The number of hydrogen-bond donors (Lipinski definition) is 0. The lowest BCUT2D eigenvalue weighted by Crippen LogP contribution is -2.01. The Hall–Kier alpha value is -1.58. The van der Waals surface area contributed by atoms with Gasteiger partial charge in [0.05, 0.1) is 11.1 Å². The van der Waals surface area contributed by atoms with Gasteiger partial charge in [0.15, 0.2) is 22.9 Å². The highest BCUT2D eigenvalue weighted by Crippen LogP contribution is 2.50. The summed E-state index contributed by atoms with van der Waals surface area (Å²) in [5.74, 6) is 1.98. The van der Waals surface area contributed by atoms with Gasteiger partial charge in [0.1, 0.15) is 5.76 Å². The zero-order valence-corrected chi connectivity index (χ0v) is 18.9. The van der Waals surface area contributed by atoms with E-state index in [9.17, 15) is 0 Å². The fourth-order valence-corrected chi connectivity index (χ4v) is 8.42. The highest BCUT2D eigenvalue weighted by atomic mass is 32.4. The molecule has 0 N–H and O–H groups in total. The molecule has 1 aromatic carbocycles. The van der Waals surface area contributed by atoms with Gasteiger partial charge < -0.3 is 4.42 Å². The van der Waals surface area contributed by atoms with Gasteiger partial charge in [0.25, 0.3) is 6.70 Å². The molecule has 0 saturated carbocycles. The second-order valence-electron chi connectivity index (χ2n) is 6.95. The average Bonchev–Trinajstić information content (AvgIpc) is 3.33. The summed E-state index contributed by atoms with van der Waals surface area (Å²) in [6, 6.07) is 13.0. The molecule has 27 heavy (non-hydrogen) atoms. The van der Waals surface area contributed by atoms with Crippen molar-refractivity contribution in [1.82, 2.24) is 0 Å². The number of hydrogen-bond acceptors (Lipinski definition) is 4. The summed E-state index contributed by atoms with van der Waals surface area (Å²) in [5, 5.41) is 2.49. The normalized spacial score (nSPS) is 13.9. The van der Waals surface area contributed by atoms with E-state index in [0.717, 1.165) is 11.5 Å². The predicted molar refractivity (Wildman–Crippen MR) is 123 cm³/mol. The zero-order chi connectivity index (χ0) is 18.9. The summed E-state index contributed by atoms with van der Waals surface area (Å²) in [6.07, 6.45) is 0. The Morgan fingerprint density at radius 3 is 2.07 bits per heavy atom. The minimum Gasteiger partial charge on any atom is -0.450 e. The molecule has 1 atom stereocenters. The predicted octanol–water partition coefficient (Wildman–Crippen LogP) is 6.85. The number of fused-ring (bicyclic) bond motifs is 3. The van der Waals surface area contributed by atoms with Crippen molar-refractivity contribution in [2.75, 3.05) is 0 Å². The van der Waals surface area contributed by atoms with E-state index in [2.05, 4.69) is 64.1 Å². The summed E-state index contributed by atoms with van der Waals surface area (Å²) >= 11 is 9.73. The van der Waals surface area contributed by atoms with Crippen molar-refractivity contribution in [2.45, 2.75) is 27.7 Å². The lowest BCUT2D eigenvalue weighted by atomic mass is 10.0. The molecule has 0 aliphatic carbocycles. The maximum atomic E-state index is 6.61. The quantitative estimate of drug-likeness (QED) is 0.287. The van der Waals surface area contributed by atoms with Crippen LogP contribution >= 0.6 is 29.4 Å². The fraction of sp³-hybridized carbons (Fsp3) is 0.182. The van der Waals surface area contributed by atoms with Crippen LogP contribution in [0.5, 0.6) is 0 Å². The van der Waals surface area contributed by atoms with Crippen LogP contribution in [0.15, 0.2) is 40.8 Å². The van der Waals surface area contributed by atoms with Crippen molar-refractivity contribution in [1.29, 1.82) is 0 Å². The van der Waals surface area contributed by atoms with Crippen LogP contribution in [0.2, 0.25) is 0 Å². The Kier molecular flexibility index (Phi) is 4.03. The molecular weight excluding hydrogens is 407 g/mol. The molecule has 0 radical (unpaired) electrons. The van der Waals surface area contributed by atoms with E-state index >= 15 is 0 Å². The van der Waals surface area contributed by atoms with Gasteiger partial charge in [-0.3, -0.25) is 0 Å². The van der Waals surface area contributed by atoms with Gasteiger partial charge in [-0.25, -0.2) is 0 Å². The van der Waals surface area contributed by atoms with Gasteiger partial charge in [-0.15, -0.1) is 22.7 Å². The zero-order valence-electron chi connectivity index (χ0n) is 15.5. The van der Waals surface area contributed by atoms with Gasteiger partial charge in [-0.2, -0.15) is 0 Å². The van der Waals surface area contributed by atoms with E-state index in [-0.39, 0.29) is 0 Å². The maximum Gasteiger partial charge on any atom is 0.255 e. The molecule has 0 saturated heterocycles. The molecule has 134 valence electrons. The van der Waals surface area contributed by atoms with E-state index in [0.29, 0.717) is 0 Å². The van der Waals surface area contributed by atoms with Gasteiger partial charge in [-0.1, -0.05) is 12.1 Å². The van der Waals surface area contributed by atoms with Gasteiger partial charge >= 0.3 is 0 Å². The standard InChI is InChI=1S/C22H18OPS3/c1-11-9-16(13(3)26-11)19-20(17-10-12(2)27-14(17)4)23-21-15-7-5-6-8-18(15)24(25)22(19)21/h5-10H,1-4H3/q+1. The molecule has 0 fully saturated rings. The van der Waals surface area contributed by atoms with Crippen molar-refractivity contribution in [3.63, 3.8) is 0 Å². The highest BCUT2D eigenvalue weighted by molar-refractivity contribution is 8.12. The van der Waals surface area contributed by atoms with Crippen molar-refractivity contribution >= 4 is 51.8 Å². The Bertz CT molecular complexity index is 1240. The monoisotopic (exact) mass is 425 g/mol. The number of furan rings is 1. The first-order chi connectivity index (χ1) is 13.0. The lowest BCUT2D eigenvalue weighted by molar-refractivity contribution is 0.600. The lowest BCUT2D eigenvalue weighted by Gasteiger charge is -2.03. The average molecular weight is 426 g/mol. The van der Waals surface area contributed by atoms with Crippen LogP contribution < -0.4 is 10.6 Å². The third-order valence-corrected chi connectivity index (χ3v) is 9.78. The van der Waals surface area contributed by atoms with Crippen LogP contribution in [0.25, 0.3) is 33.8 Å². The van der Waals surface area contributed by atoms with Crippen LogP contribution in [-0.2, 0) is 11.8 Å². The number of aryl methyl sites for hydroxylation is 4. The van der Waals surface area contributed by atoms with Crippen LogP contribution in [0.1, 0.15) is 19.5 Å². The van der Waals surface area contributed by atoms with Crippen molar-refractivity contribution in [3.05, 3.63) is 55.9 Å². The smallest absolute Gasteiger partial charge is 0.255 e. The van der Waals surface area contributed by atoms with Gasteiger partial charge in [0.2, 0.25) is 5.30 Å². The van der Waals surface area contributed by atoms with Crippen molar-refractivity contribution < 1.29 is 4.42 Å². The molecule has 1 aliphatic heterocycles. The van der Waals surface area contributed by atoms with Crippen molar-refractivity contribution in [3.8, 4) is 33.8 Å². The first kappa shape index (κ1) is 17.5. The first-order valence-electron chi connectivity index (χ1n) is 8.84. The molecule has 1 aliphatic rings. The van der Waals surface area contributed by atoms with Gasteiger partial charge in [-0.05, 0) is 52.0 Å². The Morgan fingerprint density at radius 2 is 1.44 bits per heavy atom. The Morgan fingerprint density at radius 1 is 0.815 bits per heavy atom. The topological polar surface area (TPSA) is 13.1 Å². The van der Waals surface area contributed by atoms with Crippen molar-refractivity contribution in [2.24, 2.45) is 0 Å². The molecule has 4 heterocycles. The largest absolute Gasteiger partial charge is 0.450 e. The maximum absolute atomic E-state index is 6.61. The number of thiophene rings is 2. The Balaban J connectivity index is 1.89.